The Balaban J connectivity index is 1.95. The van der Waals surface area contributed by atoms with E-state index in [0.717, 1.165) is 19.5 Å². The lowest BCUT2D eigenvalue weighted by molar-refractivity contribution is 0.359. The van der Waals surface area contributed by atoms with Gasteiger partial charge in [0.25, 0.3) is 0 Å². The first-order valence-electron chi connectivity index (χ1n) is 6.33. The molecule has 0 aromatic heterocycles. The van der Waals surface area contributed by atoms with Gasteiger partial charge in [0, 0.05) is 19.1 Å². The van der Waals surface area contributed by atoms with Crippen molar-refractivity contribution in [1.82, 2.24) is 9.62 Å². The van der Waals surface area contributed by atoms with Gasteiger partial charge in [-0.15, -0.1) is 0 Å². The molecular formula is C11H22N2O2S. The first-order valence-corrected chi connectivity index (χ1v) is 7.94. The summed E-state index contributed by atoms with van der Waals surface area (Å²) in [5.41, 5.74) is 0. The molecule has 94 valence electrons. The zero-order valence-electron chi connectivity index (χ0n) is 9.98. The Labute approximate surface area is 98.4 Å². The van der Waals surface area contributed by atoms with Crippen molar-refractivity contribution in [2.24, 2.45) is 5.92 Å². The number of hydrogen-bond donors (Lipinski definition) is 1. The Morgan fingerprint density at radius 1 is 1.25 bits per heavy atom. The minimum atomic E-state index is -3.01. The summed E-state index contributed by atoms with van der Waals surface area (Å²) in [5, 5.41) is 3.37. The van der Waals surface area contributed by atoms with Gasteiger partial charge in [-0.2, -0.15) is 0 Å². The normalized spacial score (nSPS) is 26.5. The monoisotopic (exact) mass is 246 g/mol. The van der Waals surface area contributed by atoms with Crippen molar-refractivity contribution in [3.63, 3.8) is 0 Å². The molecule has 2 rings (SSSR count). The summed E-state index contributed by atoms with van der Waals surface area (Å²) in [6.45, 7) is 4.19. The van der Waals surface area contributed by atoms with Gasteiger partial charge in [-0.05, 0) is 45.1 Å². The van der Waals surface area contributed by atoms with E-state index in [1.54, 1.807) is 11.2 Å². The molecule has 2 fully saturated rings. The summed E-state index contributed by atoms with van der Waals surface area (Å²) in [6, 6.07) is 0.375. The minimum absolute atomic E-state index is 0.229. The molecule has 5 heteroatoms. The van der Waals surface area contributed by atoms with E-state index in [4.69, 9.17) is 0 Å². The molecule has 4 nitrogen and oxygen atoms in total. The largest absolute Gasteiger partial charge is 0.313 e. The molecule has 1 atom stereocenters. The second-order valence-electron chi connectivity index (χ2n) is 4.95. The average molecular weight is 246 g/mol. The maximum Gasteiger partial charge on any atom is 0.213 e. The Kier molecular flexibility index (Phi) is 3.87. The molecule has 1 saturated heterocycles. The third-order valence-corrected chi connectivity index (χ3v) is 5.32. The van der Waals surface area contributed by atoms with Crippen molar-refractivity contribution in [2.45, 2.75) is 38.6 Å². The van der Waals surface area contributed by atoms with Crippen LogP contribution in [0.2, 0.25) is 0 Å². The molecule has 1 saturated carbocycles. The number of nitrogens with zero attached hydrogens (tertiary/aromatic N) is 1. The highest BCUT2D eigenvalue weighted by Gasteiger charge is 2.31. The Hall–Kier alpha value is -0.130. The molecule has 16 heavy (non-hydrogen) atoms. The van der Waals surface area contributed by atoms with Crippen LogP contribution in [0, 0.1) is 5.92 Å². The van der Waals surface area contributed by atoms with E-state index in [1.807, 2.05) is 0 Å². The van der Waals surface area contributed by atoms with Gasteiger partial charge in [-0.3, -0.25) is 0 Å². The minimum Gasteiger partial charge on any atom is -0.313 e. The van der Waals surface area contributed by atoms with Crippen molar-refractivity contribution in [2.75, 3.05) is 25.4 Å². The third-order valence-electron chi connectivity index (χ3n) is 3.50. The number of nitrogens with one attached hydrogen (secondary N) is 1. The van der Waals surface area contributed by atoms with E-state index >= 15 is 0 Å². The molecule has 0 aromatic carbocycles. The predicted octanol–water partition coefficient (Wildman–Crippen LogP) is 0.800. The lowest BCUT2D eigenvalue weighted by Gasteiger charge is -2.24. The smallest absolute Gasteiger partial charge is 0.213 e. The van der Waals surface area contributed by atoms with Gasteiger partial charge in [0.1, 0.15) is 0 Å². The van der Waals surface area contributed by atoms with Gasteiger partial charge in [0.15, 0.2) is 0 Å². The van der Waals surface area contributed by atoms with Crippen LogP contribution in [-0.2, 0) is 10.0 Å². The Morgan fingerprint density at radius 2 is 2.00 bits per heavy atom. The SMILES string of the molecule is CCS(=O)(=O)N(CC1CC1)CC1CCCN1. The highest BCUT2D eigenvalue weighted by Crippen LogP contribution is 2.30. The lowest BCUT2D eigenvalue weighted by atomic mass is 10.2. The van der Waals surface area contributed by atoms with E-state index < -0.39 is 10.0 Å². The molecule has 0 spiro atoms. The molecule has 0 amide bonds. The fourth-order valence-corrected chi connectivity index (χ4v) is 3.44. The second kappa shape index (κ2) is 5.02. The van der Waals surface area contributed by atoms with E-state index in [9.17, 15) is 8.42 Å². The van der Waals surface area contributed by atoms with Crippen molar-refractivity contribution in [3.05, 3.63) is 0 Å². The van der Waals surface area contributed by atoms with Crippen LogP contribution in [0.1, 0.15) is 32.6 Å². The topological polar surface area (TPSA) is 49.4 Å². The standard InChI is InChI=1S/C11H22N2O2S/c1-2-16(14,15)13(8-10-5-6-10)9-11-4-3-7-12-11/h10-12H,2-9H2,1H3. The zero-order valence-corrected chi connectivity index (χ0v) is 10.8. The molecule has 1 aliphatic carbocycles. The summed E-state index contributed by atoms with van der Waals surface area (Å²) in [6.07, 6.45) is 4.69. The first kappa shape index (κ1) is 12.3. The van der Waals surface area contributed by atoms with Crippen LogP contribution in [-0.4, -0.2) is 44.2 Å². The van der Waals surface area contributed by atoms with Gasteiger partial charge in [-0.25, -0.2) is 12.7 Å². The maximum absolute atomic E-state index is 11.9. The van der Waals surface area contributed by atoms with Crippen LogP contribution in [0.25, 0.3) is 0 Å². The zero-order chi connectivity index (χ0) is 11.6. The lowest BCUT2D eigenvalue weighted by Crippen LogP contribution is -2.42. The van der Waals surface area contributed by atoms with Gasteiger partial charge < -0.3 is 5.32 Å². The second-order valence-corrected chi connectivity index (χ2v) is 7.21. The van der Waals surface area contributed by atoms with Crippen molar-refractivity contribution >= 4 is 10.0 Å². The third kappa shape index (κ3) is 3.18. The van der Waals surface area contributed by atoms with Crippen LogP contribution in [0.4, 0.5) is 0 Å². The fourth-order valence-electron chi connectivity index (χ4n) is 2.23. The molecule has 0 bridgehead atoms. The summed E-state index contributed by atoms with van der Waals surface area (Å²) < 4.78 is 25.6. The van der Waals surface area contributed by atoms with Crippen LogP contribution >= 0.6 is 0 Å². The van der Waals surface area contributed by atoms with Crippen molar-refractivity contribution in [3.8, 4) is 0 Å². The average Bonchev–Trinajstić information content (AvgIpc) is 2.92. The first-order chi connectivity index (χ1) is 7.62. The molecule has 1 heterocycles. The summed E-state index contributed by atoms with van der Waals surface area (Å²) >= 11 is 0. The Bertz CT molecular complexity index is 319. The summed E-state index contributed by atoms with van der Waals surface area (Å²) in [5.74, 6) is 0.856. The predicted molar refractivity (Wildman–Crippen MR) is 64.8 cm³/mol. The quantitative estimate of drug-likeness (QED) is 0.754. The van der Waals surface area contributed by atoms with Gasteiger partial charge in [0.05, 0.1) is 5.75 Å². The molecule has 1 unspecified atom stereocenters. The summed E-state index contributed by atoms with van der Waals surface area (Å²) in [7, 11) is -3.01. The number of rotatable bonds is 6. The molecule has 2 aliphatic rings. The number of hydrogen-bond acceptors (Lipinski definition) is 3. The fraction of sp³-hybridized carbons (Fsp3) is 1.00. The summed E-state index contributed by atoms with van der Waals surface area (Å²) in [4.78, 5) is 0. The van der Waals surface area contributed by atoms with Crippen molar-refractivity contribution in [1.29, 1.82) is 0 Å². The van der Waals surface area contributed by atoms with Gasteiger partial charge >= 0.3 is 0 Å². The highest BCUT2D eigenvalue weighted by molar-refractivity contribution is 7.89. The Morgan fingerprint density at radius 3 is 2.50 bits per heavy atom. The van der Waals surface area contributed by atoms with E-state index in [0.29, 0.717) is 18.5 Å². The molecule has 0 radical (unpaired) electrons. The van der Waals surface area contributed by atoms with Gasteiger partial charge in [-0.1, -0.05) is 0 Å². The highest BCUT2D eigenvalue weighted by atomic mass is 32.2. The van der Waals surface area contributed by atoms with Crippen LogP contribution < -0.4 is 5.32 Å². The molecule has 0 aromatic rings. The number of sulfonamides is 1. The van der Waals surface area contributed by atoms with Crippen LogP contribution in [0.15, 0.2) is 0 Å². The molecule has 1 N–H and O–H groups in total. The van der Waals surface area contributed by atoms with E-state index in [1.165, 1.54) is 19.3 Å². The van der Waals surface area contributed by atoms with Crippen molar-refractivity contribution < 1.29 is 8.42 Å². The van der Waals surface area contributed by atoms with Crippen LogP contribution in [0.3, 0.4) is 0 Å². The maximum atomic E-state index is 11.9. The molecular weight excluding hydrogens is 224 g/mol. The van der Waals surface area contributed by atoms with Crippen LogP contribution in [0.5, 0.6) is 0 Å². The van der Waals surface area contributed by atoms with Gasteiger partial charge in [0.2, 0.25) is 10.0 Å². The van der Waals surface area contributed by atoms with E-state index in [-0.39, 0.29) is 5.75 Å². The van der Waals surface area contributed by atoms with E-state index in [2.05, 4.69) is 5.32 Å². The molecule has 1 aliphatic heterocycles.